The molecule has 0 radical (unpaired) electrons. The Morgan fingerprint density at radius 1 is 0.923 bits per heavy atom. The summed E-state index contributed by atoms with van der Waals surface area (Å²) in [7, 11) is 8.52. The van der Waals surface area contributed by atoms with Gasteiger partial charge in [0.05, 0.1) is 32.4 Å². The molecule has 10 nitrogen and oxygen atoms in total. The SMILES string of the molecule is CCC(COC(=O)c1cc(OC)c(OC)c(OC)c1)(c1ccccc1)N(C)C.Nc1ccc(O)c(C(=O)O)c1. The second kappa shape index (κ2) is 13.9. The van der Waals surface area contributed by atoms with E-state index in [0.717, 1.165) is 12.0 Å². The van der Waals surface area contributed by atoms with Gasteiger partial charge in [-0.2, -0.15) is 0 Å². The predicted octanol–water partition coefficient (Wildman–Crippen LogP) is 4.41. The lowest BCUT2D eigenvalue weighted by Gasteiger charge is -2.39. The number of hydrogen-bond donors (Lipinski definition) is 3. The highest BCUT2D eigenvalue weighted by Gasteiger charge is 2.35. The number of carbonyl (C=O) groups excluding carboxylic acids is 1. The average molecular weight is 541 g/mol. The van der Waals surface area contributed by atoms with Gasteiger partial charge in [0.15, 0.2) is 11.5 Å². The number of nitrogens with zero attached hydrogens (tertiary/aromatic N) is 1. The molecule has 0 aliphatic carbocycles. The van der Waals surface area contributed by atoms with Crippen LogP contribution in [0.4, 0.5) is 5.69 Å². The van der Waals surface area contributed by atoms with Crippen LogP contribution in [-0.4, -0.2) is 69.1 Å². The van der Waals surface area contributed by atoms with Crippen LogP contribution in [0.3, 0.4) is 0 Å². The zero-order chi connectivity index (χ0) is 29.2. The topological polar surface area (TPSA) is 141 Å². The maximum Gasteiger partial charge on any atom is 0.339 e. The van der Waals surface area contributed by atoms with Crippen LogP contribution in [0, 0.1) is 0 Å². The monoisotopic (exact) mass is 540 g/mol. The van der Waals surface area contributed by atoms with Gasteiger partial charge in [0, 0.05) is 5.69 Å². The van der Waals surface area contributed by atoms with Crippen molar-refractivity contribution < 1.29 is 38.7 Å². The van der Waals surface area contributed by atoms with Crippen molar-refractivity contribution in [2.45, 2.75) is 18.9 Å². The van der Waals surface area contributed by atoms with Gasteiger partial charge in [-0.25, -0.2) is 9.59 Å². The molecule has 3 rings (SSSR count). The number of methoxy groups -OCH3 is 3. The maximum absolute atomic E-state index is 12.8. The number of carboxylic acid groups (broad SMARTS) is 1. The van der Waals surface area contributed by atoms with Gasteiger partial charge in [0.25, 0.3) is 0 Å². The quantitative estimate of drug-likeness (QED) is 0.192. The standard InChI is InChI=1S/C22H29NO5.C7H7NO3/c1-7-22(23(2)3,17-11-9-8-10-12-17)15-28-21(24)16-13-18(25-4)20(27-6)19(14-16)26-5;8-4-1-2-6(9)5(3-4)7(10)11/h8-14H,7,15H2,1-6H3;1-3,9H,8H2,(H,10,11). The molecule has 210 valence electrons. The molecule has 0 aliphatic rings. The summed E-state index contributed by atoms with van der Waals surface area (Å²) in [5, 5.41) is 17.4. The highest BCUT2D eigenvalue weighted by molar-refractivity contribution is 5.92. The van der Waals surface area contributed by atoms with E-state index in [1.807, 2.05) is 32.3 Å². The third-order valence-corrected chi connectivity index (χ3v) is 6.35. The second-order valence-electron chi connectivity index (χ2n) is 8.72. The van der Waals surface area contributed by atoms with E-state index >= 15 is 0 Å². The number of aromatic hydroxyl groups is 1. The summed E-state index contributed by atoms with van der Waals surface area (Å²) < 4.78 is 21.7. The van der Waals surface area contributed by atoms with Gasteiger partial charge in [-0.1, -0.05) is 37.3 Å². The summed E-state index contributed by atoms with van der Waals surface area (Å²) in [5.74, 6) is -0.657. The number of carbonyl (C=O) groups is 2. The van der Waals surface area contributed by atoms with E-state index in [1.165, 1.54) is 39.5 Å². The van der Waals surface area contributed by atoms with Crippen LogP contribution >= 0.6 is 0 Å². The van der Waals surface area contributed by atoms with Gasteiger partial charge in [-0.05, 0) is 56.4 Å². The van der Waals surface area contributed by atoms with E-state index < -0.39 is 17.5 Å². The van der Waals surface area contributed by atoms with Crippen molar-refractivity contribution in [1.29, 1.82) is 0 Å². The fourth-order valence-corrected chi connectivity index (χ4v) is 4.03. The molecular weight excluding hydrogens is 504 g/mol. The second-order valence-corrected chi connectivity index (χ2v) is 8.72. The molecule has 0 heterocycles. The summed E-state index contributed by atoms with van der Waals surface area (Å²) in [5.41, 5.74) is 6.45. The Morgan fingerprint density at radius 3 is 1.95 bits per heavy atom. The van der Waals surface area contributed by atoms with Crippen LogP contribution < -0.4 is 19.9 Å². The first-order chi connectivity index (χ1) is 18.5. The van der Waals surface area contributed by atoms with E-state index in [-0.39, 0.29) is 17.9 Å². The van der Waals surface area contributed by atoms with Crippen LogP contribution in [-0.2, 0) is 10.3 Å². The number of hydrogen-bond acceptors (Lipinski definition) is 9. The highest BCUT2D eigenvalue weighted by Crippen LogP contribution is 2.38. The smallest absolute Gasteiger partial charge is 0.339 e. The van der Waals surface area contributed by atoms with Gasteiger partial charge in [-0.3, -0.25) is 4.90 Å². The molecule has 0 bridgehead atoms. The molecule has 0 aliphatic heterocycles. The molecule has 4 N–H and O–H groups in total. The first-order valence-electron chi connectivity index (χ1n) is 12.1. The Morgan fingerprint density at radius 2 is 1.51 bits per heavy atom. The molecule has 0 fully saturated rings. The highest BCUT2D eigenvalue weighted by atomic mass is 16.5. The Kier molecular flexibility index (Phi) is 11.0. The summed E-state index contributed by atoms with van der Waals surface area (Å²) >= 11 is 0. The first kappa shape index (κ1) is 30.8. The molecule has 10 heteroatoms. The molecule has 0 saturated carbocycles. The van der Waals surface area contributed by atoms with Crippen molar-refractivity contribution in [3.63, 3.8) is 0 Å². The number of nitrogens with two attached hydrogens (primary N) is 1. The number of nitrogen functional groups attached to an aromatic ring is 1. The van der Waals surface area contributed by atoms with E-state index in [1.54, 1.807) is 12.1 Å². The molecule has 0 saturated heterocycles. The minimum Gasteiger partial charge on any atom is -0.507 e. The summed E-state index contributed by atoms with van der Waals surface area (Å²) in [6.45, 7) is 2.30. The number of carboxylic acids is 1. The number of esters is 1. The Hall–Kier alpha value is -4.44. The van der Waals surface area contributed by atoms with Crippen molar-refractivity contribution in [1.82, 2.24) is 4.90 Å². The zero-order valence-electron chi connectivity index (χ0n) is 23.1. The number of anilines is 1. The number of benzene rings is 3. The van der Waals surface area contributed by atoms with Crippen molar-refractivity contribution in [2.75, 3.05) is 47.8 Å². The predicted molar refractivity (Wildman–Crippen MR) is 148 cm³/mol. The molecule has 0 spiro atoms. The van der Waals surface area contributed by atoms with Crippen molar-refractivity contribution in [3.8, 4) is 23.0 Å². The minimum absolute atomic E-state index is 0.176. The third-order valence-electron chi connectivity index (χ3n) is 6.35. The van der Waals surface area contributed by atoms with E-state index in [9.17, 15) is 9.59 Å². The van der Waals surface area contributed by atoms with Crippen molar-refractivity contribution >= 4 is 17.6 Å². The Bertz CT molecular complexity index is 1240. The molecule has 0 amide bonds. The normalized spacial score (nSPS) is 12.0. The maximum atomic E-state index is 12.8. The first-order valence-corrected chi connectivity index (χ1v) is 12.1. The molecule has 39 heavy (non-hydrogen) atoms. The summed E-state index contributed by atoms with van der Waals surface area (Å²) in [4.78, 5) is 25.3. The lowest BCUT2D eigenvalue weighted by atomic mass is 9.87. The number of phenols is 1. The van der Waals surface area contributed by atoms with Crippen LogP contribution in [0.1, 0.15) is 39.6 Å². The molecular formula is C29H36N2O8. The van der Waals surface area contributed by atoms with Gasteiger partial charge in [-0.15, -0.1) is 0 Å². The van der Waals surface area contributed by atoms with Crippen LogP contribution in [0.2, 0.25) is 0 Å². The lowest BCUT2D eigenvalue weighted by molar-refractivity contribution is 0.0119. The lowest BCUT2D eigenvalue weighted by Crippen LogP contribution is -2.45. The fourth-order valence-electron chi connectivity index (χ4n) is 4.03. The number of aromatic carboxylic acids is 1. The van der Waals surface area contributed by atoms with Crippen molar-refractivity contribution in [2.24, 2.45) is 0 Å². The fraction of sp³-hybridized carbons (Fsp3) is 0.310. The van der Waals surface area contributed by atoms with E-state index in [2.05, 4.69) is 24.0 Å². The zero-order valence-corrected chi connectivity index (χ0v) is 23.1. The Labute approximate surface area is 228 Å². The third kappa shape index (κ3) is 7.32. The van der Waals surface area contributed by atoms with Gasteiger partial charge in [0.2, 0.25) is 5.75 Å². The molecule has 3 aromatic carbocycles. The van der Waals surface area contributed by atoms with Gasteiger partial charge in [0.1, 0.15) is 17.9 Å². The van der Waals surface area contributed by atoms with Crippen molar-refractivity contribution in [3.05, 3.63) is 77.4 Å². The largest absolute Gasteiger partial charge is 0.507 e. The molecule has 1 unspecified atom stereocenters. The van der Waals surface area contributed by atoms with Crippen LogP contribution in [0.5, 0.6) is 23.0 Å². The summed E-state index contributed by atoms with van der Waals surface area (Å²) in [6, 6.07) is 17.1. The molecule has 0 aromatic heterocycles. The van der Waals surface area contributed by atoms with E-state index in [0.29, 0.717) is 28.5 Å². The molecule has 1 atom stereocenters. The van der Waals surface area contributed by atoms with Crippen LogP contribution in [0.25, 0.3) is 0 Å². The average Bonchev–Trinajstić information content (AvgIpc) is 2.94. The summed E-state index contributed by atoms with van der Waals surface area (Å²) in [6.07, 6.45) is 0.784. The van der Waals surface area contributed by atoms with Gasteiger partial charge < -0.3 is 34.9 Å². The van der Waals surface area contributed by atoms with Crippen LogP contribution in [0.15, 0.2) is 60.7 Å². The minimum atomic E-state index is -1.19. The van der Waals surface area contributed by atoms with Gasteiger partial charge >= 0.3 is 11.9 Å². The molecule has 3 aromatic rings. The number of likely N-dealkylation sites (N-methyl/N-ethyl adjacent to an activating group) is 1. The Balaban J connectivity index is 0.000000404. The van der Waals surface area contributed by atoms with E-state index in [4.69, 9.17) is 34.9 Å². The number of ether oxygens (including phenoxy) is 4. The number of rotatable bonds is 10.